The van der Waals surface area contributed by atoms with Crippen molar-refractivity contribution >= 4 is 17.7 Å². The van der Waals surface area contributed by atoms with Crippen LogP contribution in [0.2, 0.25) is 0 Å². The summed E-state index contributed by atoms with van der Waals surface area (Å²) in [5.41, 5.74) is 0.688. The number of piperidine rings is 1. The van der Waals surface area contributed by atoms with E-state index in [1.54, 1.807) is 0 Å². The molecule has 0 saturated carbocycles. The average Bonchev–Trinajstić information content (AvgIpc) is 3.12. The molecule has 2 atom stereocenters. The number of halogens is 3. The van der Waals surface area contributed by atoms with Crippen molar-refractivity contribution in [3.05, 3.63) is 30.2 Å². The number of carbonyl (C=O) groups is 2. The third-order valence-corrected chi connectivity index (χ3v) is 4.36. The third kappa shape index (κ3) is 4.41. The fourth-order valence-electron chi connectivity index (χ4n) is 3.06. The maximum absolute atomic E-state index is 12.5. The van der Waals surface area contributed by atoms with Crippen LogP contribution in [-0.2, 0) is 11.0 Å². The van der Waals surface area contributed by atoms with E-state index in [-0.39, 0.29) is 23.9 Å². The maximum Gasteiger partial charge on any atom is 0.471 e. The van der Waals surface area contributed by atoms with Gasteiger partial charge in [0.05, 0.1) is 5.92 Å². The van der Waals surface area contributed by atoms with Crippen LogP contribution in [0, 0.1) is 11.8 Å². The third-order valence-electron chi connectivity index (χ3n) is 4.36. The molecule has 2 unspecified atom stereocenters. The van der Waals surface area contributed by atoms with E-state index in [0.717, 1.165) is 0 Å². The van der Waals surface area contributed by atoms with E-state index in [1.165, 1.54) is 29.2 Å². The van der Waals surface area contributed by atoms with Gasteiger partial charge < -0.3 is 19.8 Å². The first-order chi connectivity index (χ1) is 13.1. The molecule has 28 heavy (non-hydrogen) atoms. The van der Waals surface area contributed by atoms with E-state index in [2.05, 4.69) is 20.0 Å². The fourth-order valence-corrected chi connectivity index (χ4v) is 3.06. The minimum Gasteiger partial charge on any atom is -0.481 e. The Morgan fingerprint density at radius 1 is 1.25 bits per heavy atom. The summed E-state index contributed by atoms with van der Waals surface area (Å²) in [6.07, 6.45) is -4.21. The lowest BCUT2D eigenvalue weighted by atomic mass is 9.91. The second-order valence-corrected chi connectivity index (χ2v) is 6.71. The van der Waals surface area contributed by atoms with Gasteiger partial charge in [-0.1, -0.05) is 12.1 Å². The molecule has 1 fully saturated rings. The normalized spacial score (nSPS) is 20.1. The summed E-state index contributed by atoms with van der Waals surface area (Å²) in [6.45, 7) is 2.44. The van der Waals surface area contributed by atoms with Gasteiger partial charge in [-0.25, -0.2) is 4.79 Å². The Balaban J connectivity index is 1.66. The second-order valence-electron chi connectivity index (χ2n) is 6.71. The van der Waals surface area contributed by atoms with Crippen LogP contribution >= 0.6 is 0 Å². The van der Waals surface area contributed by atoms with E-state index < -0.39 is 30.0 Å². The molecule has 1 saturated heterocycles. The molecule has 0 radical (unpaired) electrons. The molecule has 11 heteroatoms. The number of carboxylic acids is 1. The Bertz CT molecular complexity index is 866. The lowest BCUT2D eigenvalue weighted by Gasteiger charge is -2.34. The quantitative estimate of drug-likeness (QED) is 0.821. The van der Waals surface area contributed by atoms with Crippen molar-refractivity contribution in [2.24, 2.45) is 11.8 Å². The van der Waals surface area contributed by atoms with E-state index in [9.17, 15) is 27.9 Å². The number of hydrogen-bond donors (Lipinski definition) is 2. The van der Waals surface area contributed by atoms with Crippen molar-refractivity contribution in [1.82, 2.24) is 15.0 Å². The summed E-state index contributed by atoms with van der Waals surface area (Å²) >= 11 is 0. The Labute approximate surface area is 157 Å². The molecule has 0 bridgehead atoms. The predicted octanol–water partition coefficient (Wildman–Crippen LogP) is 3.33. The van der Waals surface area contributed by atoms with Crippen LogP contribution in [0.4, 0.5) is 23.7 Å². The molecule has 1 aromatic carbocycles. The number of nitrogens with one attached hydrogen (secondary N) is 1. The van der Waals surface area contributed by atoms with Gasteiger partial charge in [-0.15, -0.1) is 0 Å². The van der Waals surface area contributed by atoms with Gasteiger partial charge in [-0.2, -0.15) is 18.2 Å². The van der Waals surface area contributed by atoms with Gasteiger partial charge in [0, 0.05) is 24.3 Å². The highest BCUT2D eigenvalue weighted by molar-refractivity contribution is 5.90. The molecule has 0 aliphatic carbocycles. The number of rotatable bonds is 3. The first-order valence-electron chi connectivity index (χ1n) is 8.43. The van der Waals surface area contributed by atoms with Crippen molar-refractivity contribution < 1.29 is 32.4 Å². The van der Waals surface area contributed by atoms with Crippen molar-refractivity contribution in [2.45, 2.75) is 19.5 Å². The van der Waals surface area contributed by atoms with Gasteiger partial charge >= 0.3 is 24.1 Å². The number of alkyl halides is 3. The topological polar surface area (TPSA) is 109 Å². The molecular formula is C17H17F3N4O4. The van der Waals surface area contributed by atoms with Crippen LogP contribution in [0.25, 0.3) is 11.4 Å². The number of carboxylic acid groups (broad SMARTS) is 1. The number of aromatic nitrogens is 2. The lowest BCUT2D eigenvalue weighted by Crippen LogP contribution is -2.47. The Morgan fingerprint density at radius 3 is 2.50 bits per heavy atom. The zero-order valence-corrected chi connectivity index (χ0v) is 14.7. The first-order valence-corrected chi connectivity index (χ1v) is 8.43. The van der Waals surface area contributed by atoms with Crippen LogP contribution in [0.5, 0.6) is 0 Å². The molecule has 1 aliphatic rings. The van der Waals surface area contributed by atoms with Gasteiger partial charge in [-0.05, 0) is 36.6 Å². The zero-order chi connectivity index (χ0) is 20.5. The number of aliphatic carboxylic acids is 1. The standard InChI is InChI=1S/C17H17F3N4O4/c1-9-6-11(14(25)26)8-24(7-9)16(27)21-12-4-2-10(3-5-12)13-22-15(28-23-13)17(18,19)20/h2-5,9,11H,6-8H2,1H3,(H,21,27)(H,25,26). The Kier molecular flexibility index (Phi) is 5.25. The molecule has 2 aromatic rings. The largest absolute Gasteiger partial charge is 0.481 e. The number of amides is 2. The minimum absolute atomic E-state index is 0.0593. The monoisotopic (exact) mass is 398 g/mol. The van der Waals surface area contributed by atoms with Crippen LogP contribution in [-0.4, -0.2) is 45.2 Å². The smallest absolute Gasteiger partial charge is 0.471 e. The van der Waals surface area contributed by atoms with E-state index in [1.807, 2.05) is 6.92 Å². The molecule has 0 spiro atoms. The summed E-state index contributed by atoms with van der Waals surface area (Å²) in [5.74, 6) is -3.15. The molecule has 3 rings (SSSR count). The van der Waals surface area contributed by atoms with E-state index >= 15 is 0 Å². The average molecular weight is 398 g/mol. The highest BCUT2D eigenvalue weighted by Crippen LogP contribution is 2.29. The number of hydrogen-bond acceptors (Lipinski definition) is 5. The first kappa shape index (κ1) is 19.6. The molecular weight excluding hydrogens is 381 g/mol. The number of benzene rings is 1. The Hall–Kier alpha value is -3.11. The van der Waals surface area contributed by atoms with Gasteiger partial charge in [0.15, 0.2) is 0 Å². The molecule has 2 amide bonds. The minimum atomic E-state index is -4.72. The van der Waals surface area contributed by atoms with Gasteiger partial charge in [0.1, 0.15) is 0 Å². The summed E-state index contributed by atoms with van der Waals surface area (Å²) < 4.78 is 41.7. The van der Waals surface area contributed by atoms with Crippen LogP contribution in [0.15, 0.2) is 28.8 Å². The molecule has 2 N–H and O–H groups in total. The Morgan fingerprint density at radius 2 is 1.93 bits per heavy atom. The highest BCUT2D eigenvalue weighted by Gasteiger charge is 2.38. The van der Waals surface area contributed by atoms with Gasteiger partial charge in [-0.3, -0.25) is 4.79 Å². The van der Waals surface area contributed by atoms with Gasteiger partial charge in [0.2, 0.25) is 5.82 Å². The fraction of sp³-hybridized carbons (Fsp3) is 0.412. The number of carbonyl (C=O) groups excluding carboxylic acids is 1. The summed E-state index contributed by atoms with van der Waals surface area (Å²) in [6, 6.07) is 5.42. The lowest BCUT2D eigenvalue weighted by molar-refractivity contribution is -0.159. The van der Waals surface area contributed by atoms with Crippen LogP contribution in [0.1, 0.15) is 19.2 Å². The summed E-state index contributed by atoms with van der Waals surface area (Å²) in [7, 11) is 0. The van der Waals surface area contributed by atoms with Gasteiger partial charge in [0.25, 0.3) is 0 Å². The molecule has 1 aliphatic heterocycles. The number of likely N-dealkylation sites (tertiary alicyclic amines) is 1. The van der Waals surface area contributed by atoms with Crippen LogP contribution in [0.3, 0.4) is 0 Å². The maximum atomic E-state index is 12.5. The highest BCUT2D eigenvalue weighted by atomic mass is 19.4. The zero-order valence-electron chi connectivity index (χ0n) is 14.7. The molecule has 2 heterocycles. The number of urea groups is 1. The SMILES string of the molecule is CC1CC(C(=O)O)CN(C(=O)Nc2ccc(-c3noc(C(F)(F)F)n3)cc2)C1. The predicted molar refractivity (Wildman–Crippen MR) is 90.2 cm³/mol. The molecule has 150 valence electrons. The molecule has 8 nitrogen and oxygen atoms in total. The summed E-state index contributed by atoms with van der Waals surface area (Å²) in [4.78, 5) is 28.4. The number of nitrogens with zero attached hydrogens (tertiary/aromatic N) is 3. The second kappa shape index (κ2) is 7.49. The van der Waals surface area contributed by atoms with Crippen molar-refractivity contribution in [2.75, 3.05) is 18.4 Å². The van der Waals surface area contributed by atoms with Crippen LogP contribution < -0.4 is 5.32 Å². The summed E-state index contributed by atoms with van der Waals surface area (Å²) in [5, 5.41) is 15.1. The van der Waals surface area contributed by atoms with E-state index in [4.69, 9.17) is 0 Å². The van der Waals surface area contributed by atoms with E-state index in [0.29, 0.717) is 18.7 Å². The van der Waals surface area contributed by atoms with Crippen molar-refractivity contribution in [1.29, 1.82) is 0 Å². The molecule has 1 aromatic heterocycles. The van der Waals surface area contributed by atoms with Crippen molar-refractivity contribution in [3.8, 4) is 11.4 Å². The number of anilines is 1. The van der Waals surface area contributed by atoms with Crippen molar-refractivity contribution in [3.63, 3.8) is 0 Å².